The first-order chi connectivity index (χ1) is 9.26. The molecule has 0 unspecified atom stereocenters. The maximum atomic E-state index is 8.20. The molecule has 0 fully saturated rings. The van der Waals surface area contributed by atoms with Gasteiger partial charge >= 0.3 is 0 Å². The van der Waals surface area contributed by atoms with Gasteiger partial charge in [0.2, 0.25) is 0 Å². The zero-order valence-corrected chi connectivity index (χ0v) is 10.7. The van der Waals surface area contributed by atoms with Gasteiger partial charge in [0.25, 0.3) is 0 Å². The second-order valence-electron chi connectivity index (χ2n) is 4.56. The van der Waals surface area contributed by atoms with Gasteiger partial charge in [-0.15, -0.1) is 0 Å². The van der Waals surface area contributed by atoms with Gasteiger partial charge in [0, 0.05) is 9.89 Å². The largest absolute Gasteiger partial charge is 0.0629 e. The fraction of sp³-hybridized carbons (Fsp3) is 0.200. The minimum atomic E-state index is -0.426. The van der Waals surface area contributed by atoms with Gasteiger partial charge in [-0.25, -0.2) is 0 Å². The molecule has 0 bridgehead atoms. The smallest absolute Gasteiger partial charge is 0.0619 e. The van der Waals surface area contributed by atoms with Crippen LogP contribution < -0.4 is 0 Å². The van der Waals surface area contributed by atoms with E-state index in [4.69, 9.17) is 5.48 Å². The van der Waals surface area contributed by atoms with Crippen LogP contribution in [0.25, 0.3) is 11.1 Å². The molecule has 0 atom stereocenters. The van der Waals surface area contributed by atoms with Crippen LogP contribution in [0.2, 0.25) is 0 Å². The Labute approximate surface area is 110 Å². The molecule has 0 heterocycles. The Morgan fingerprint density at radius 3 is 2.62 bits per heavy atom. The standard InChI is InChI=1S/C15H13Br/c1-15(2)13-6-4-3-5-11(13)12-8-7-10(16)9-14(12)15/h3-9H,1-2H3/i3D,4D,5D,6D. The summed E-state index contributed by atoms with van der Waals surface area (Å²) < 4.78 is 33.1. The van der Waals surface area contributed by atoms with Crippen molar-refractivity contribution in [1.82, 2.24) is 0 Å². The first kappa shape index (κ1) is 6.61. The number of fused-ring (bicyclic) bond motifs is 3. The van der Waals surface area contributed by atoms with E-state index < -0.39 is 5.41 Å². The van der Waals surface area contributed by atoms with Crippen LogP contribution in [0.4, 0.5) is 0 Å². The lowest BCUT2D eigenvalue weighted by Crippen LogP contribution is -2.14. The Balaban J connectivity index is 2.51. The topological polar surface area (TPSA) is 0 Å². The second kappa shape index (κ2) is 3.21. The maximum Gasteiger partial charge on any atom is 0.0629 e. The molecule has 3 rings (SSSR count). The zero-order valence-electron chi connectivity index (χ0n) is 13.1. The molecule has 0 radical (unpaired) electrons. The van der Waals surface area contributed by atoms with E-state index in [-0.39, 0.29) is 24.2 Å². The summed E-state index contributed by atoms with van der Waals surface area (Å²) in [5.74, 6) is 0. The second-order valence-corrected chi connectivity index (χ2v) is 5.48. The van der Waals surface area contributed by atoms with E-state index in [2.05, 4.69) is 15.9 Å². The van der Waals surface area contributed by atoms with Crippen molar-refractivity contribution in [3.63, 3.8) is 0 Å². The summed E-state index contributed by atoms with van der Waals surface area (Å²) in [4.78, 5) is 0. The van der Waals surface area contributed by atoms with Crippen LogP contribution in [-0.4, -0.2) is 0 Å². The summed E-state index contributed by atoms with van der Waals surface area (Å²) in [6.45, 7) is 4.01. The monoisotopic (exact) mass is 276 g/mol. The lowest BCUT2D eigenvalue weighted by Gasteiger charge is -2.21. The molecule has 0 saturated carbocycles. The van der Waals surface area contributed by atoms with Crippen LogP contribution in [0, 0.1) is 0 Å². The lowest BCUT2D eigenvalue weighted by molar-refractivity contribution is 0.660. The van der Waals surface area contributed by atoms with E-state index in [0.29, 0.717) is 11.1 Å². The van der Waals surface area contributed by atoms with Gasteiger partial charge in [0.15, 0.2) is 0 Å². The number of hydrogen-bond acceptors (Lipinski definition) is 0. The molecule has 0 saturated heterocycles. The third kappa shape index (κ3) is 1.21. The molecule has 0 N–H and O–H groups in total. The van der Waals surface area contributed by atoms with E-state index in [1.165, 1.54) is 0 Å². The SMILES string of the molecule is [2H]c1c([2H])c([2H])c2c(c1[2H])-c1ccc(Br)cc1C2(C)C. The number of rotatable bonds is 0. The quantitative estimate of drug-likeness (QED) is 0.651. The van der Waals surface area contributed by atoms with Crippen molar-refractivity contribution < 1.29 is 5.48 Å². The van der Waals surface area contributed by atoms with Gasteiger partial charge in [-0.2, -0.15) is 0 Å². The summed E-state index contributed by atoms with van der Waals surface area (Å²) in [6, 6.07) is 5.63. The Kier molecular flexibility index (Phi) is 1.32. The Morgan fingerprint density at radius 1 is 1.06 bits per heavy atom. The van der Waals surface area contributed by atoms with Gasteiger partial charge in [0.05, 0.1) is 5.48 Å². The molecule has 2 aromatic carbocycles. The van der Waals surface area contributed by atoms with Crippen LogP contribution >= 0.6 is 15.9 Å². The fourth-order valence-electron chi connectivity index (χ4n) is 2.37. The molecule has 0 spiro atoms. The van der Waals surface area contributed by atoms with E-state index >= 15 is 0 Å². The molecular formula is C15H13Br. The molecule has 1 aliphatic rings. The summed E-state index contributed by atoms with van der Waals surface area (Å²) in [7, 11) is 0. The van der Waals surface area contributed by atoms with E-state index in [1.807, 2.05) is 32.0 Å². The molecule has 0 amide bonds. The Hall–Kier alpha value is -1.08. The summed E-state index contributed by atoms with van der Waals surface area (Å²) in [5.41, 5.74) is 2.85. The molecule has 1 aliphatic carbocycles. The number of hydrogen-bond donors (Lipinski definition) is 0. The maximum absolute atomic E-state index is 8.20. The van der Waals surface area contributed by atoms with Crippen molar-refractivity contribution in [2.75, 3.05) is 0 Å². The van der Waals surface area contributed by atoms with Gasteiger partial charge < -0.3 is 0 Å². The van der Waals surface area contributed by atoms with Crippen molar-refractivity contribution in [3.05, 3.63) is 58.0 Å². The molecule has 1 heteroatoms. The summed E-state index contributed by atoms with van der Waals surface area (Å²) in [5, 5.41) is 0. The van der Waals surface area contributed by atoms with Gasteiger partial charge in [-0.05, 0) is 34.4 Å². The third-order valence-electron chi connectivity index (χ3n) is 3.24. The van der Waals surface area contributed by atoms with Crippen molar-refractivity contribution in [1.29, 1.82) is 0 Å². The first-order valence-corrected chi connectivity index (χ1v) is 5.97. The zero-order chi connectivity index (χ0) is 14.8. The molecule has 80 valence electrons. The third-order valence-corrected chi connectivity index (χ3v) is 3.73. The molecule has 0 aromatic heterocycles. The van der Waals surface area contributed by atoms with E-state index in [1.54, 1.807) is 0 Å². The highest BCUT2D eigenvalue weighted by Gasteiger charge is 2.34. The van der Waals surface area contributed by atoms with Crippen LogP contribution in [0.5, 0.6) is 0 Å². The lowest BCUT2D eigenvalue weighted by atomic mass is 9.82. The normalized spacial score (nSPS) is 19.2. The number of halogens is 1. The predicted molar refractivity (Wildman–Crippen MR) is 71.7 cm³/mol. The van der Waals surface area contributed by atoms with Crippen molar-refractivity contribution in [3.8, 4) is 11.1 Å². The fourth-order valence-corrected chi connectivity index (χ4v) is 2.73. The van der Waals surface area contributed by atoms with Crippen molar-refractivity contribution in [2.45, 2.75) is 19.3 Å². The van der Waals surface area contributed by atoms with E-state index in [9.17, 15) is 0 Å². The predicted octanol–water partition coefficient (Wildman–Crippen LogP) is 4.76. The highest BCUT2D eigenvalue weighted by atomic mass is 79.9. The van der Waals surface area contributed by atoms with Crippen LogP contribution in [0.3, 0.4) is 0 Å². The Morgan fingerprint density at radius 2 is 1.81 bits per heavy atom. The molecular weight excluding hydrogens is 260 g/mol. The molecule has 16 heavy (non-hydrogen) atoms. The highest BCUT2D eigenvalue weighted by Crippen LogP contribution is 2.48. The summed E-state index contributed by atoms with van der Waals surface area (Å²) >= 11 is 3.46. The Bertz CT molecular complexity index is 750. The first-order valence-electron chi connectivity index (χ1n) is 7.18. The van der Waals surface area contributed by atoms with Crippen LogP contribution in [0.15, 0.2) is 46.8 Å². The average molecular weight is 277 g/mol. The van der Waals surface area contributed by atoms with Gasteiger partial charge in [0.1, 0.15) is 0 Å². The van der Waals surface area contributed by atoms with Crippen LogP contribution in [-0.2, 0) is 5.41 Å². The van der Waals surface area contributed by atoms with Crippen LogP contribution in [0.1, 0.15) is 30.5 Å². The van der Waals surface area contributed by atoms with Crippen molar-refractivity contribution >= 4 is 15.9 Å². The molecule has 0 aliphatic heterocycles. The minimum absolute atomic E-state index is 0.0511. The minimum Gasteiger partial charge on any atom is -0.0619 e. The van der Waals surface area contributed by atoms with Crippen molar-refractivity contribution in [2.24, 2.45) is 0 Å². The molecule has 2 aromatic rings. The van der Waals surface area contributed by atoms with E-state index in [0.717, 1.165) is 15.6 Å². The highest BCUT2D eigenvalue weighted by molar-refractivity contribution is 9.10. The van der Waals surface area contributed by atoms with Gasteiger partial charge in [-0.3, -0.25) is 0 Å². The molecule has 0 nitrogen and oxygen atoms in total. The van der Waals surface area contributed by atoms with Gasteiger partial charge in [-0.1, -0.05) is 60.0 Å². The average Bonchev–Trinajstić information content (AvgIpc) is 2.62. The summed E-state index contributed by atoms with van der Waals surface area (Å²) in [6.07, 6.45) is 0. The number of benzene rings is 2.